The van der Waals surface area contributed by atoms with Crippen molar-refractivity contribution in [3.8, 4) is 5.88 Å². The highest BCUT2D eigenvalue weighted by Gasteiger charge is 2.16. The molecule has 0 bridgehead atoms. The molecule has 1 amide bonds. The molecule has 0 saturated heterocycles. The summed E-state index contributed by atoms with van der Waals surface area (Å²) in [5.74, 6) is -0.182. The molecule has 0 radical (unpaired) electrons. The number of anilines is 2. The number of amides is 1. The molecule has 0 fully saturated rings. The predicted octanol–water partition coefficient (Wildman–Crippen LogP) is 1.63. The van der Waals surface area contributed by atoms with Crippen molar-refractivity contribution in [1.82, 2.24) is 19.7 Å². The second-order valence-electron chi connectivity index (χ2n) is 6.83. The zero-order valence-corrected chi connectivity index (χ0v) is 18.1. The molecule has 168 valence electrons. The molecule has 4 aromatic rings. The maximum absolute atomic E-state index is 12.5. The van der Waals surface area contributed by atoms with Crippen LogP contribution in [0.25, 0.3) is 10.9 Å². The van der Waals surface area contributed by atoms with Crippen molar-refractivity contribution in [2.24, 2.45) is 0 Å². The maximum atomic E-state index is 12.5. The SMILES string of the molecule is COc1ccc(NS(=O)(=O)c2ccc(NC(=O)Cn3cnc4ccccc4c3=O)cc2)nn1. The van der Waals surface area contributed by atoms with Crippen molar-refractivity contribution in [1.29, 1.82) is 0 Å². The number of aromatic nitrogens is 4. The smallest absolute Gasteiger partial charge is 0.263 e. The normalized spacial score (nSPS) is 11.2. The molecular formula is C21H18N6O5S. The van der Waals surface area contributed by atoms with Gasteiger partial charge in [0.2, 0.25) is 11.8 Å². The molecule has 33 heavy (non-hydrogen) atoms. The Kier molecular flexibility index (Phi) is 6.00. The number of hydrogen-bond acceptors (Lipinski definition) is 8. The number of nitrogens with zero attached hydrogens (tertiary/aromatic N) is 4. The van der Waals surface area contributed by atoms with Crippen LogP contribution in [0.15, 0.2) is 76.7 Å². The van der Waals surface area contributed by atoms with Crippen LogP contribution in [0.1, 0.15) is 0 Å². The third-order valence-corrected chi connectivity index (χ3v) is 5.95. The number of benzene rings is 2. The van der Waals surface area contributed by atoms with E-state index in [1.54, 1.807) is 24.3 Å². The molecule has 0 aliphatic rings. The van der Waals surface area contributed by atoms with E-state index in [0.29, 0.717) is 16.6 Å². The van der Waals surface area contributed by atoms with Crippen LogP contribution in [-0.4, -0.2) is 41.2 Å². The first-order valence-corrected chi connectivity index (χ1v) is 11.1. The van der Waals surface area contributed by atoms with Crippen LogP contribution in [-0.2, 0) is 21.4 Å². The van der Waals surface area contributed by atoms with E-state index in [-0.39, 0.29) is 28.7 Å². The molecule has 2 N–H and O–H groups in total. The van der Waals surface area contributed by atoms with E-state index in [4.69, 9.17) is 4.74 Å². The van der Waals surface area contributed by atoms with Gasteiger partial charge in [-0.15, -0.1) is 10.2 Å². The Bertz CT molecular complexity index is 1470. The van der Waals surface area contributed by atoms with Gasteiger partial charge >= 0.3 is 0 Å². The lowest BCUT2D eigenvalue weighted by Crippen LogP contribution is -2.27. The van der Waals surface area contributed by atoms with Crippen molar-refractivity contribution in [2.45, 2.75) is 11.4 Å². The molecule has 0 atom stereocenters. The number of methoxy groups -OCH3 is 1. The van der Waals surface area contributed by atoms with E-state index >= 15 is 0 Å². The summed E-state index contributed by atoms with van der Waals surface area (Å²) in [5, 5.41) is 10.5. The lowest BCUT2D eigenvalue weighted by atomic mass is 10.2. The van der Waals surface area contributed by atoms with Gasteiger partial charge in [-0.3, -0.25) is 18.9 Å². The van der Waals surface area contributed by atoms with E-state index in [1.165, 1.54) is 54.4 Å². The van der Waals surface area contributed by atoms with Gasteiger partial charge in [-0.05, 0) is 42.5 Å². The summed E-state index contributed by atoms with van der Waals surface area (Å²) < 4.78 is 33.5. The Morgan fingerprint density at radius 2 is 1.79 bits per heavy atom. The minimum atomic E-state index is -3.91. The molecule has 2 heterocycles. The van der Waals surface area contributed by atoms with Crippen LogP contribution in [0.5, 0.6) is 5.88 Å². The van der Waals surface area contributed by atoms with Crippen molar-refractivity contribution in [3.63, 3.8) is 0 Å². The molecule has 0 aliphatic heterocycles. The summed E-state index contributed by atoms with van der Waals surface area (Å²) in [7, 11) is -2.49. The van der Waals surface area contributed by atoms with Crippen LogP contribution in [0, 0.1) is 0 Å². The predicted molar refractivity (Wildman–Crippen MR) is 120 cm³/mol. The largest absolute Gasteiger partial charge is 0.480 e. The van der Waals surface area contributed by atoms with Gasteiger partial charge in [0.25, 0.3) is 15.6 Å². The standard InChI is InChI=1S/C21H18N6O5S/c1-32-20-11-10-18(24-25-20)26-33(30,31)15-8-6-14(7-9-15)23-19(28)12-27-13-22-17-5-3-2-4-16(17)21(27)29/h2-11,13H,12H2,1H3,(H,23,28)(H,24,26). The number of rotatable bonds is 7. The van der Waals surface area contributed by atoms with E-state index in [1.807, 2.05) is 0 Å². The molecule has 0 saturated carbocycles. The Labute approximate surface area is 188 Å². The molecule has 2 aromatic heterocycles. The van der Waals surface area contributed by atoms with Crippen molar-refractivity contribution >= 4 is 38.3 Å². The minimum Gasteiger partial charge on any atom is -0.480 e. The van der Waals surface area contributed by atoms with Gasteiger partial charge in [0.15, 0.2) is 5.82 Å². The van der Waals surface area contributed by atoms with Crippen LogP contribution in [0.4, 0.5) is 11.5 Å². The fourth-order valence-electron chi connectivity index (χ4n) is 2.97. The van der Waals surface area contributed by atoms with E-state index < -0.39 is 15.9 Å². The zero-order valence-electron chi connectivity index (χ0n) is 17.3. The number of nitrogens with one attached hydrogen (secondary N) is 2. The Morgan fingerprint density at radius 3 is 2.48 bits per heavy atom. The quantitative estimate of drug-likeness (QED) is 0.418. The minimum absolute atomic E-state index is 0.0302. The van der Waals surface area contributed by atoms with Gasteiger partial charge in [-0.1, -0.05) is 12.1 Å². The topological polar surface area (TPSA) is 145 Å². The van der Waals surface area contributed by atoms with Gasteiger partial charge in [0, 0.05) is 11.8 Å². The summed E-state index contributed by atoms with van der Waals surface area (Å²) in [6.07, 6.45) is 1.31. The van der Waals surface area contributed by atoms with Crippen molar-refractivity contribution < 1.29 is 17.9 Å². The fraction of sp³-hybridized carbons (Fsp3) is 0.0952. The van der Waals surface area contributed by atoms with Crippen LogP contribution >= 0.6 is 0 Å². The van der Waals surface area contributed by atoms with Crippen LogP contribution in [0.2, 0.25) is 0 Å². The Balaban J connectivity index is 1.43. The fourth-order valence-corrected chi connectivity index (χ4v) is 3.97. The number of carbonyl (C=O) groups is 1. The highest BCUT2D eigenvalue weighted by molar-refractivity contribution is 7.92. The maximum Gasteiger partial charge on any atom is 0.263 e. The van der Waals surface area contributed by atoms with E-state index in [0.717, 1.165) is 0 Å². The first kappa shape index (κ1) is 21.9. The summed E-state index contributed by atoms with van der Waals surface area (Å²) >= 11 is 0. The van der Waals surface area contributed by atoms with Gasteiger partial charge < -0.3 is 10.1 Å². The van der Waals surface area contributed by atoms with Crippen molar-refractivity contribution in [2.75, 3.05) is 17.1 Å². The van der Waals surface area contributed by atoms with Gasteiger partial charge in [-0.25, -0.2) is 13.4 Å². The zero-order chi connectivity index (χ0) is 23.4. The number of fused-ring (bicyclic) bond motifs is 1. The summed E-state index contributed by atoms with van der Waals surface area (Å²) in [5.41, 5.74) is 0.583. The van der Waals surface area contributed by atoms with Gasteiger partial charge in [0.05, 0.1) is 29.2 Å². The average Bonchev–Trinajstić information content (AvgIpc) is 2.82. The average molecular weight is 466 g/mol. The van der Waals surface area contributed by atoms with Crippen LogP contribution in [0.3, 0.4) is 0 Å². The molecule has 4 rings (SSSR count). The molecule has 0 unspecified atom stereocenters. The summed E-state index contributed by atoms with van der Waals surface area (Å²) in [6, 6.07) is 15.3. The van der Waals surface area contributed by atoms with E-state index in [9.17, 15) is 18.0 Å². The number of para-hydroxylation sites is 1. The van der Waals surface area contributed by atoms with Crippen molar-refractivity contribution in [3.05, 3.63) is 77.3 Å². The molecule has 0 spiro atoms. The highest BCUT2D eigenvalue weighted by atomic mass is 32.2. The summed E-state index contributed by atoms with van der Waals surface area (Å²) in [4.78, 5) is 29.0. The lowest BCUT2D eigenvalue weighted by molar-refractivity contribution is -0.116. The van der Waals surface area contributed by atoms with Gasteiger partial charge in [0.1, 0.15) is 6.54 Å². The molecule has 0 aliphatic carbocycles. The number of hydrogen-bond donors (Lipinski definition) is 2. The second-order valence-corrected chi connectivity index (χ2v) is 8.52. The number of carbonyl (C=O) groups excluding carboxylic acids is 1. The third kappa shape index (κ3) is 4.96. The van der Waals surface area contributed by atoms with Gasteiger partial charge in [-0.2, -0.15) is 0 Å². The second kappa shape index (κ2) is 9.04. The number of sulfonamides is 1. The van der Waals surface area contributed by atoms with E-state index in [2.05, 4.69) is 25.2 Å². The van der Waals surface area contributed by atoms with Crippen LogP contribution < -0.4 is 20.3 Å². The molecule has 12 heteroatoms. The first-order chi connectivity index (χ1) is 15.9. The Morgan fingerprint density at radius 1 is 1.03 bits per heavy atom. The summed E-state index contributed by atoms with van der Waals surface area (Å²) in [6.45, 7) is -0.242. The first-order valence-electron chi connectivity index (χ1n) is 9.60. The number of ether oxygens (including phenoxy) is 1. The highest BCUT2D eigenvalue weighted by Crippen LogP contribution is 2.18. The molecule has 11 nitrogen and oxygen atoms in total. The third-order valence-electron chi connectivity index (χ3n) is 4.58. The molecule has 2 aromatic carbocycles. The Hall–Kier alpha value is -4.32. The lowest BCUT2D eigenvalue weighted by Gasteiger charge is -2.10. The molecular weight excluding hydrogens is 448 g/mol. The monoisotopic (exact) mass is 466 g/mol.